The first-order valence-electron chi connectivity index (χ1n) is 5.79. The molecule has 0 atom stereocenters. The van der Waals surface area contributed by atoms with E-state index >= 15 is 0 Å². The van der Waals surface area contributed by atoms with Crippen molar-refractivity contribution in [3.8, 4) is 0 Å². The molecule has 0 radical (unpaired) electrons. The maximum Gasteiger partial charge on any atom is 0.147 e. The van der Waals surface area contributed by atoms with Gasteiger partial charge in [-0.2, -0.15) is 0 Å². The molecule has 0 aliphatic heterocycles. The van der Waals surface area contributed by atoms with Gasteiger partial charge >= 0.3 is 0 Å². The Morgan fingerprint density at radius 2 is 2.16 bits per heavy atom. The first kappa shape index (κ1) is 14.3. The van der Waals surface area contributed by atoms with E-state index < -0.39 is 9.84 Å². The van der Waals surface area contributed by atoms with E-state index in [0.717, 1.165) is 0 Å². The fourth-order valence-electron chi connectivity index (χ4n) is 1.98. The molecule has 0 aliphatic rings. The van der Waals surface area contributed by atoms with Gasteiger partial charge in [0.1, 0.15) is 21.5 Å². The summed E-state index contributed by atoms with van der Waals surface area (Å²) in [6, 6.07) is 4.32. The highest BCUT2D eigenvalue weighted by molar-refractivity contribution is 7.90. The third kappa shape index (κ3) is 3.45. The van der Waals surface area contributed by atoms with Crippen LogP contribution in [0.2, 0.25) is 0 Å². The Morgan fingerprint density at radius 1 is 1.42 bits per heavy atom. The molecule has 0 spiro atoms. The quantitative estimate of drug-likeness (QED) is 0.797. The SMILES string of the molecule is CS(=O)(=O)CCCn1c(CCl)nc2ccc(F)cc21. The van der Waals surface area contributed by atoms with Gasteiger partial charge in [0.25, 0.3) is 0 Å². The van der Waals surface area contributed by atoms with Crippen LogP contribution in [0.5, 0.6) is 0 Å². The molecule has 0 unspecified atom stereocenters. The van der Waals surface area contributed by atoms with Gasteiger partial charge in [-0.15, -0.1) is 11.6 Å². The number of benzene rings is 1. The number of halogens is 2. The molecule has 104 valence electrons. The molecule has 1 aromatic carbocycles. The molecular formula is C12H14ClFN2O2S. The van der Waals surface area contributed by atoms with Gasteiger partial charge in [0.2, 0.25) is 0 Å². The zero-order chi connectivity index (χ0) is 14.0. The highest BCUT2D eigenvalue weighted by Crippen LogP contribution is 2.19. The van der Waals surface area contributed by atoms with Gasteiger partial charge in [-0.1, -0.05) is 0 Å². The molecule has 0 saturated heterocycles. The Balaban J connectivity index is 2.32. The minimum Gasteiger partial charge on any atom is -0.327 e. The van der Waals surface area contributed by atoms with E-state index in [2.05, 4.69) is 4.98 Å². The summed E-state index contributed by atoms with van der Waals surface area (Å²) in [4.78, 5) is 4.30. The number of imidazole rings is 1. The second-order valence-electron chi connectivity index (χ2n) is 4.43. The number of hydrogen-bond donors (Lipinski definition) is 0. The van der Waals surface area contributed by atoms with Crippen LogP contribution < -0.4 is 0 Å². The van der Waals surface area contributed by atoms with Crippen LogP contribution in [0.1, 0.15) is 12.2 Å². The highest BCUT2D eigenvalue weighted by atomic mass is 35.5. The van der Waals surface area contributed by atoms with Crippen LogP contribution in [0.4, 0.5) is 4.39 Å². The second-order valence-corrected chi connectivity index (χ2v) is 6.96. The molecule has 1 heterocycles. The van der Waals surface area contributed by atoms with E-state index in [4.69, 9.17) is 11.6 Å². The summed E-state index contributed by atoms with van der Waals surface area (Å²) in [5.41, 5.74) is 1.31. The van der Waals surface area contributed by atoms with Crippen molar-refractivity contribution in [1.82, 2.24) is 9.55 Å². The van der Waals surface area contributed by atoms with Gasteiger partial charge in [-0.25, -0.2) is 17.8 Å². The lowest BCUT2D eigenvalue weighted by atomic mass is 10.3. The topological polar surface area (TPSA) is 52.0 Å². The lowest BCUT2D eigenvalue weighted by Gasteiger charge is -2.07. The van der Waals surface area contributed by atoms with E-state index in [1.165, 1.54) is 18.4 Å². The van der Waals surface area contributed by atoms with Gasteiger partial charge in [-0.05, 0) is 24.6 Å². The van der Waals surface area contributed by atoms with Crippen molar-refractivity contribution in [2.24, 2.45) is 0 Å². The van der Waals surface area contributed by atoms with E-state index in [9.17, 15) is 12.8 Å². The Morgan fingerprint density at radius 3 is 2.79 bits per heavy atom. The Kier molecular flexibility index (Phi) is 4.10. The van der Waals surface area contributed by atoms with Crippen molar-refractivity contribution in [2.75, 3.05) is 12.0 Å². The second kappa shape index (κ2) is 5.46. The van der Waals surface area contributed by atoms with Crippen LogP contribution in [0, 0.1) is 5.82 Å². The molecular weight excluding hydrogens is 291 g/mol. The van der Waals surface area contributed by atoms with E-state index in [1.807, 2.05) is 0 Å². The first-order valence-corrected chi connectivity index (χ1v) is 8.38. The first-order chi connectivity index (χ1) is 8.90. The smallest absolute Gasteiger partial charge is 0.147 e. The van der Waals surface area contributed by atoms with E-state index in [1.54, 1.807) is 10.6 Å². The van der Waals surface area contributed by atoms with Crippen molar-refractivity contribution >= 4 is 32.5 Å². The minimum absolute atomic E-state index is 0.0870. The molecule has 0 saturated carbocycles. The maximum absolute atomic E-state index is 13.3. The summed E-state index contributed by atoms with van der Waals surface area (Å²) in [7, 11) is -3.00. The van der Waals surface area contributed by atoms with Gasteiger partial charge in [0.15, 0.2) is 0 Å². The molecule has 19 heavy (non-hydrogen) atoms. The van der Waals surface area contributed by atoms with E-state index in [-0.39, 0.29) is 17.5 Å². The third-order valence-corrected chi connectivity index (χ3v) is 4.08. The van der Waals surface area contributed by atoms with Gasteiger partial charge in [0, 0.05) is 12.8 Å². The van der Waals surface area contributed by atoms with Crippen molar-refractivity contribution in [1.29, 1.82) is 0 Å². The van der Waals surface area contributed by atoms with Gasteiger partial charge in [0.05, 0.1) is 22.7 Å². The summed E-state index contributed by atoms with van der Waals surface area (Å²) < 4.78 is 37.3. The third-order valence-electron chi connectivity index (χ3n) is 2.81. The van der Waals surface area contributed by atoms with Crippen LogP contribution in [0.15, 0.2) is 18.2 Å². The van der Waals surface area contributed by atoms with Crippen molar-refractivity contribution in [3.63, 3.8) is 0 Å². The standard InChI is InChI=1S/C12H14ClFN2O2S/c1-19(17,18)6-2-5-16-11-7-9(14)3-4-10(11)15-12(16)8-13/h3-4,7H,2,5-6,8H2,1H3. The van der Waals surface area contributed by atoms with Crippen molar-refractivity contribution in [2.45, 2.75) is 18.8 Å². The van der Waals surface area contributed by atoms with Crippen molar-refractivity contribution < 1.29 is 12.8 Å². The lowest BCUT2D eigenvalue weighted by Crippen LogP contribution is -2.09. The lowest BCUT2D eigenvalue weighted by molar-refractivity contribution is 0.591. The fourth-order valence-corrected chi connectivity index (χ4v) is 2.84. The molecule has 0 bridgehead atoms. The zero-order valence-electron chi connectivity index (χ0n) is 10.4. The number of alkyl halides is 1. The number of hydrogen-bond acceptors (Lipinski definition) is 3. The van der Waals surface area contributed by atoms with Crippen LogP contribution in [0.3, 0.4) is 0 Å². The van der Waals surface area contributed by atoms with Gasteiger partial charge in [-0.3, -0.25) is 0 Å². The number of rotatable bonds is 5. The predicted molar refractivity (Wildman–Crippen MR) is 73.6 cm³/mol. The molecule has 2 aromatic rings. The molecule has 1 aromatic heterocycles. The summed E-state index contributed by atoms with van der Waals surface area (Å²) in [5, 5.41) is 0. The summed E-state index contributed by atoms with van der Waals surface area (Å²) in [6.45, 7) is 0.453. The highest BCUT2D eigenvalue weighted by Gasteiger charge is 2.11. The minimum atomic E-state index is -3.00. The normalized spacial score (nSPS) is 12.2. The maximum atomic E-state index is 13.3. The summed E-state index contributed by atoms with van der Waals surface area (Å²) >= 11 is 5.82. The van der Waals surface area contributed by atoms with Crippen molar-refractivity contribution in [3.05, 3.63) is 29.8 Å². The zero-order valence-corrected chi connectivity index (χ0v) is 12.0. The molecule has 2 rings (SSSR count). The van der Waals surface area contributed by atoms with Crippen LogP contribution in [0.25, 0.3) is 11.0 Å². The average Bonchev–Trinajstić information content (AvgIpc) is 2.65. The van der Waals surface area contributed by atoms with Crippen LogP contribution >= 0.6 is 11.6 Å². The Bertz CT molecular complexity index is 697. The Hall–Kier alpha value is -1.14. The monoisotopic (exact) mass is 304 g/mol. The molecule has 7 heteroatoms. The molecule has 0 aliphatic carbocycles. The van der Waals surface area contributed by atoms with Crippen LogP contribution in [-0.2, 0) is 22.3 Å². The number of nitrogens with zero attached hydrogens (tertiary/aromatic N) is 2. The number of fused-ring (bicyclic) bond motifs is 1. The predicted octanol–water partition coefficient (Wildman–Crippen LogP) is 2.35. The molecule has 4 nitrogen and oxygen atoms in total. The molecule has 0 amide bonds. The summed E-state index contributed by atoms with van der Waals surface area (Å²) in [5.74, 6) is 0.562. The average molecular weight is 305 g/mol. The fraction of sp³-hybridized carbons (Fsp3) is 0.417. The number of aromatic nitrogens is 2. The van der Waals surface area contributed by atoms with Crippen LogP contribution in [-0.4, -0.2) is 30.0 Å². The number of sulfone groups is 1. The number of aryl methyl sites for hydroxylation is 1. The molecule has 0 N–H and O–H groups in total. The molecule has 0 fully saturated rings. The largest absolute Gasteiger partial charge is 0.327 e. The summed E-state index contributed by atoms with van der Waals surface area (Å²) in [6.07, 6.45) is 1.64. The van der Waals surface area contributed by atoms with E-state index in [0.29, 0.717) is 29.8 Å². The Labute approximate surface area is 116 Å². The van der Waals surface area contributed by atoms with Gasteiger partial charge < -0.3 is 4.57 Å².